The van der Waals surface area contributed by atoms with E-state index in [2.05, 4.69) is 15.9 Å². The van der Waals surface area contributed by atoms with E-state index in [0.29, 0.717) is 17.0 Å². The summed E-state index contributed by atoms with van der Waals surface area (Å²) in [5, 5.41) is 9.69. The zero-order chi connectivity index (χ0) is 23.4. The van der Waals surface area contributed by atoms with E-state index < -0.39 is 35.2 Å². The van der Waals surface area contributed by atoms with Gasteiger partial charge in [-0.15, -0.1) is 0 Å². The number of carboxylic acids is 1. The van der Waals surface area contributed by atoms with Gasteiger partial charge in [-0.05, 0) is 59.9 Å². The number of hydrogen-bond donors (Lipinski definition) is 1. The number of Topliss-reactive ketones (excluding diaryl/α,β-unsaturated/α-hetero) is 1. The van der Waals surface area contributed by atoms with Crippen LogP contribution in [0.2, 0.25) is 5.02 Å². The first-order valence-corrected chi connectivity index (χ1v) is 11.2. The number of carboxylic acid groups (broad SMARTS) is 1. The molecule has 0 bridgehead atoms. The molecular formula is C25H20BrClF2O3. The van der Waals surface area contributed by atoms with Gasteiger partial charge in [0.1, 0.15) is 0 Å². The van der Waals surface area contributed by atoms with Crippen LogP contribution in [0.1, 0.15) is 63.4 Å². The Balaban J connectivity index is 2.17. The molecule has 0 aliphatic heterocycles. The highest BCUT2D eigenvalue weighted by molar-refractivity contribution is 9.10. The van der Waals surface area contributed by atoms with Crippen LogP contribution in [-0.4, -0.2) is 16.9 Å². The largest absolute Gasteiger partial charge is 0.478 e. The number of carbonyl (C=O) groups excluding carboxylic acids is 1. The molecule has 0 fully saturated rings. The molecule has 0 aromatic heterocycles. The quantitative estimate of drug-likeness (QED) is 0.245. The van der Waals surface area contributed by atoms with Crippen LogP contribution in [0.5, 0.6) is 0 Å². The molecule has 0 radical (unpaired) electrons. The van der Waals surface area contributed by atoms with Gasteiger partial charge in [0.2, 0.25) is 0 Å². The molecule has 0 aliphatic carbocycles. The molecule has 0 amide bonds. The lowest BCUT2D eigenvalue weighted by atomic mass is 9.75. The first-order chi connectivity index (χ1) is 15.2. The van der Waals surface area contributed by atoms with Gasteiger partial charge in [0, 0.05) is 9.50 Å². The highest BCUT2D eigenvalue weighted by Gasteiger charge is 2.33. The molecule has 0 heterocycles. The van der Waals surface area contributed by atoms with E-state index in [-0.39, 0.29) is 15.6 Å². The van der Waals surface area contributed by atoms with Crippen molar-refractivity contribution < 1.29 is 23.5 Å². The van der Waals surface area contributed by atoms with Gasteiger partial charge in [-0.3, -0.25) is 4.79 Å². The maximum absolute atomic E-state index is 14.7. The summed E-state index contributed by atoms with van der Waals surface area (Å²) >= 11 is 9.16. The van der Waals surface area contributed by atoms with Crippen LogP contribution in [0.25, 0.3) is 0 Å². The maximum atomic E-state index is 14.7. The van der Waals surface area contributed by atoms with Crippen molar-refractivity contribution in [2.75, 3.05) is 0 Å². The van der Waals surface area contributed by atoms with Crippen LogP contribution in [0.15, 0.2) is 65.1 Å². The summed E-state index contributed by atoms with van der Waals surface area (Å²) in [5.41, 5.74) is 1.12. The standard InChI is InChI=1S/C25H20BrClF2O3/c1-2-3-19(14-4-6-16(7-5-14)25(31)32)22(15-8-10-18(27)11-9-15)24(30)20-12-17(26)13-21(28)23(20)29/h4-13,19,22H,2-3H2,1H3,(H,31,32). The van der Waals surface area contributed by atoms with Crippen molar-refractivity contribution in [1.29, 1.82) is 0 Å². The Hall–Kier alpha value is -2.57. The molecule has 0 saturated carbocycles. The van der Waals surface area contributed by atoms with Crippen molar-refractivity contribution in [3.63, 3.8) is 0 Å². The van der Waals surface area contributed by atoms with Crippen molar-refractivity contribution >= 4 is 39.3 Å². The summed E-state index contributed by atoms with van der Waals surface area (Å²) in [6.07, 6.45) is 1.29. The second kappa shape index (κ2) is 10.4. The van der Waals surface area contributed by atoms with Gasteiger partial charge < -0.3 is 5.11 Å². The molecule has 32 heavy (non-hydrogen) atoms. The van der Waals surface area contributed by atoms with E-state index in [4.69, 9.17) is 11.6 Å². The molecule has 3 nitrogen and oxygen atoms in total. The molecule has 3 aromatic rings. The third-order valence-electron chi connectivity index (χ3n) is 5.36. The Labute approximate surface area is 198 Å². The lowest BCUT2D eigenvalue weighted by molar-refractivity contribution is 0.0696. The average Bonchev–Trinajstić information content (AvgIpc) is 2.77. The van der Waals surface area contributed by atoms with Crippen LogP contribution < -0.4 is 0 Å². The van der Waals surface area contributed by atoms with Crippen molar-refractivity contribution in [3.05, 3.63) is 104 Å². The van der Waals surface area contributed by atoms with Crippen LogP contribution in [0.3, 0.4) is 0 Å². The number of rotatable bonds is 8. The first-order valence-electron chi connectivity index (χ1n) is 10.00. The third-order valence-corrected chi connectivity index (χ3v) is 6.07. The van der Waals surface area contributed by atoms with E-state index in [1.54, 1.807) is 36.4 Å². The number of halogens is 4. The fraction of sp³-hybridized carbons (Fsp3) is 0.200. The molecule has 0 spiro atoms. The smallest absolute Gasteiger partial charge is 0.335 e. The summed E-state index contributed by atoms with van der Waals surface area (Å²) in [6, 6.07) is 15.2. The summed E-state index contributed by atoms with van der Waals surface area (Å²) in [7, 11) is 0. The summed E-state index contributed by atoms with van der Waals surface area (Å²) in [4.78, 5) is 24.9. The third kappa shape index (κ3) is 5.25. The Kier molecular flexibility index (Phi) is 7.80. The molecule has 2 unspecified atom stereocenters. The fourth-order valence-corrected chi connectivity index (χ4v) is 4.40. The Morgan fingerprint density at radius 2 is 1.59 bits per heavy atom. The fourth-order valence-electron chi connectivity index (χ4n) is 3.85. The van der Waals surface area contributed by atoms with E-state index in [9.17, 15) is 23.5 Å². The minimum absolute atomic E-state index is 0.124. The molecule has 166 valence electrons. The molecule has 3 aromatic carbocycles. The minimum atomic E-state index is -1.20. The van der Waals surface area contributed by atoms with E-state index in [1.807, 2.05) is 6.92 Å². The normalized spacial score (nSPS) is 12.9. The second-order valence-corrected chi connectivity index (χ2v) is 8.82. The monoisotopic (exact) mass is 520 g/mol. The average molecular weight is 522 g/mol. The van der Waals surface area contributed by atoms with Gasteiger partial charge in [0.25, 0.3) is 0 Å². The molecule has 3 rings (SSSR count). The highest BCUT2D eigenvalue weighted by Crippen LogP contribution is 2.40. The predicted octanol–water partition coefficient (Wildman–Crippen LogP) is 7.63. The van der Waals surface area contributed by atoms with Crippen LogP contribution in [-0.2, 0) is 0 Å². The van der Waals surface area contributed by atoms with Crippen molar-refractivity contribution in [2.24, 2.45) is 0 Å². The van der Waals surface area contributed by atoms with Crippen LogP contribution >= 0.6 is 27.5 Å². The Morgan fingerprint density at radius 3 is 2.16 bits per heavy atom. The summed E-state index contributed by atoms with van der Waals surface area (Å²) in [5.74, 6) is -5.15. The predicted molar refractivity (Wildman–Crippen MR) is 124 cm³/mol. The van der Waals surface area contributed by atoms with Crippen molar-refractivity contribution in [3.8, 4) is 0 Å². The molecule has 7 heteroatoms. The molecule has 1 N–H and O–H groups in total. The lowest BCUT2D eigenvalue weighted by Gasteiger charge is -2.27. The van der Waals surface area contributed by atoms with E-state index in [1.165, 1.54) is 18.2 Å². The molecule has 2 atom stereocenters. The zero-order valence-corrected chi connectivity index (χ0v) is 19.5. The summed E-state index contributed by atoms with van der Waals surface area (Å²) < 4.78 is 29.0. The number of carbonyl (C=O) groups is 2. The van der Waals surface area contributed by atoms with Crippen LogP contribution in [0, 0.1) is 11.6 Å². The van der Waals surface area contributed by atoms with E-state index in [0.717, 1.165) is 18.1 Å². The molecule has 0 saturated heterocycles. The Bertz CT molecular complexity index is 1130. The van der Waals surface area contributed by atoms with Crippen molar-refractivity contribution in [1.82, 2.24) is 0 Å². The van der Waals surface area contributed by atoms with Crippen molar-refractivity contribution in [2.45, 2.75) is 31.6 Å². The number of hydrogen-bond acceptors (Lipinski definition) is 2. The zero-order valence-electron chi connectivity index (χ0n) is 17.1. The van der Waals surface area contributed by atoms with Gasteiger partial charge in [-0.1, -0.05) is 65.1 Å². The van der Waals surface area contributed by atoms with Crippen LogP contribution in [0.4, 0.5) is 8.78 Å². The number of benzene rings is 3. The van der Waals surface area contributed by atoms with Gasteiger partial charge in [-0.25, -0.2) is 13.6 Å². The highest BCUT2D eigenvalue weighted by atomic mass is 79.9. The number of ketones is 1. The van der Waals surface area contributed by atoms with Gasteiger partial charge in [-0.2, -0.15) is 0 Å². The Morgan fingerprint density at radius 1 is 1.00 bits per heavy atom. The van der Waals surface area contributed by atoms with Gasteiger partial charge in [0.05, 0.1) is 17.0 Å². The van der Waals surface area contributed by atoms with E-state index >= 15 is 0 Å². The molecule has 0 aliphatic rings. The SMILES string of the molecule is CCCC(c1ccc(C(=O)O)cc1)C(C(=O)c1cc(Br)cc(F)c1F)c1ccc(Cl)cc1. The van der Waals surface area contributed by atoms with Gasteiger partial charge >= 0.3 is 5.97 Å². The maximum Gasteiger partial charge on any atom is 0.335 e. The second-order valence-electron chi connectivity index (χ2n) is 7.46. The van der Waals surface area contributed by atoms with Gasteiger partial charge in [0.15, 0.2) is 17.4 Å². The lowest BCUT2D eigenvalue weighted by Crippen LogP contribution is -2.22. The summed E-state index contributed by atoms with van der Waals surface area (Å²) in [6.45, 7) is 1.96. The molecular weight excluding hydrogens is 502 g/mol. The first kappa shape index (κ1) is 24.1. The topological polar surface area (TPSA) is 54.4 Å². The minimum Gasteiger partial charge on any atom is -0.478 e. The number of aromatic carboxylic acids is 1.